The molecular formula is C12H17BrCl2N2O. The molecule has 1 amide bonds. The molecule has 102 valence electrons. The minimum absolute atomic E-state index is 0. The van der Waals surface area contributed by atoms with Crippen LogP contribution in [0.15, 0.2) is 22.7 Å². The van der Waals surface area contributed by atoms with Gasteiger partial charge in [0.25, 0.3) is 5.91 Å². The van der Waals surface area contributed by atoms with E-state index in [9.17, 15) is 4.79 Å². The zero-order chi connectivity index (χ0) is 12.7. The molecule has 0 aliphatic carbocycles. The van der Waals surface area contributed by atoms with E-state index in [1.807, 2.05) is 0 Å². The van der Waals surface area contributed by atoms with Crippen LogP contribution in [0.2, 0.25) is 5.02 Å². The van der Waals surface area contributed by atoms with Crippen LogP contribution < -0.4 is 10.6 Å². The first-order valence-electron chi connectivity index (χ1n) is 5.59. The van der Waals surface area contributed by atoms with Crippen molar-refractivity contribution in [3.63, 3.8) is 0 Å². The van der Waals surface area contributed by atoms with Crippen molar-refractivity contribution in [1.82, 2.24) is 10.6 Å². The number of hydrogen-bond donors (Lipinski definition) is 2. The van der Waals surface area contributed by atoms with Gasteiger partial charge in [0.05, 0.1) is 10.6 Å². The van der Waals surface area contributed by atoms with Gasteiger partial charge in [0.1, 0.15) is 0 Å². The Hall–Kier alpha value is -0.290. The standard InChI is InChI=1S/C12H16BrClN2O.ClH/c1-2-5-15-6-7-16-12(17)10-4-3-9(13)8-11(10)14;/h3-4,8,15H,2,5-7H2,1H3,(H,16,17);1H. The molecule has 0 saturated carbocycles. The quantitative estimate of drug-likeness (QED) is 0.769. The van der Waals surface area contributed by atoms with E-state index in [4.69, 9.17) is 11.6 Å². The molecule has 0 unspecified atom stereocenters. The number of carbonyl (C=O) groups is 1. The minimum atomic E-state index is -0.138. The molecule has 1 aromatic rings. The van der Waals surface area contributed by atoms with Crippen LogP contribution in [-0.4, -0.2) is 25.5 Å². The summed E-state index contributed by atoms with van der Waals surface area (Å²) in [6.45, 7) is 4.45. The van der Waals surface area contributed by atoms with E-state index in [0.717, 1.165) is 24.0 Å². The SMILES string of the molecule is CCCNCCNC(=O)c1ccc(Br)cc1Cl.Cl. The second-order valence-electron chi connectivity index (χ2n) is 3.63. The summed E-state index contributed by atoms with van der Waals surface area (Å²) in [4.78, 5) is 11.8. The van der Waals surface area contributed by atoms with Crippen molar-refractivity contribution in [2.45, 2.75) is 13.3 Å². The highest BCUT2D eigenvalue weighted by Gasteiger charge is 2.09. The number of halogens is 3. The first kappa shape index (κ1) is 17.7. The number of hydrogen-bond acceptors (Lipinski definition) is 2. The van der Waals surface area contributed by atoms with Crippen LogP contribution >= 0.6 is 39.9 Å². The summed E-state index contributed by atoms with van der Waals surface area (Å²) in [6, 6.07) is 5.23. The van der Waals surface area contributed by atoms with Gasteiger partial charge >= 0.3 is 0 Å². The summed E-state index contributed by atoms with van der Waals surface area (Å²) in [7, 11) is 0. The lowest BCUT2D eigenvalue weighted by molar-refractivity contribution is 0.0954. The lowest BCUT2D eigenvalue weighted by Crippen LogP contribution is -2.32. The lowest BCUT2D eigenvalue weighted by atomic mass is 10.2. The van der Waals surface area contributed by atoms with Crippen molar-refractivity contribution in [3.05, 3.63) is 33.3 Å². The fourth-order valence-electron chi connectivity index (χ4n) is 1.34. The maximum Gasteiger partial charge on any atom is 0.252 e. The Morgan fingerprint density at radius 2 is 2.06 bits per heavy atom. The molecule has 0 aromatic heterocycles. The Labute approximate surface area is 127 Å². The molecule has 18 heavy (non-hydrogen) atoms. The highest BCUT2D eigenvalue weighted by Crippen LogP contribution is 2.21. The lowest BCUT2D eigenvalue weighted by Gasteiger charge is -2.07. The fourth-order valence-corrected chi connectivity index (χ4v) is 2.09. The van der Waals surface area contributed by atoms with E-state index < -0.39 is 0 Å². The van der Waals surface area contributed by atoms with Gasteiger partial charge in [-0.05, 0) is 31.2 Å². The van der Waals surface area contributed by atoms with E-state index in [0.29, 0.717) is 17.1 Å². The zero-order valence-electron chi connectivity index (χ0n) is 10.1. The van der Waals surface area contributed by atoms with E-state index in [1.54, 1.807) is 18.2 Å². The molecule has 0 saturated heterocycles. The number of nitrogens with one attached hydrogen (secondary N) is 2. The number of rotatable bonds is 6. The molecule has 0 bridgehead atoms. The Kier molecular flexibility index (Phi) is 9.46. The van der Waals surface area contributed by atoms with E-state index in [2.05, 4.69) is 33.5 Å². The van der Waals surface area contributed by atoms with Crippen molar-refractivity contribution in [1.29, 1.82) is 0 Å². The Morgan fingerprint density at radius 3 is 2.67 bits per heavy atom. The summed E-state index contributed by atoms with van der Waals surface area (Å²) in [5.41, 5.74) is 0.505. The highest BCUT2D eigenvalue weighted by atomic mass is 79.9. The second-order valence-corrected chi connectivity index (χ2v) is 4.95. The number of amides is 1. The summed E-state index contributed by atoms with van der Waals surface area (Å²) in [6.07, 6.45) is 1.09. The average Bonchev–Trinajstić information content (AvgIpc) is 2.28. The second kappa shape index (κ2) is 9.62. The minimum Gasteiger partial charge on any atom is -0.351 e. The van der Waals surface area contributed by atoms with Crippen LogP contribution in [0.4, 0.5) is 0 Å². The van der Waals surface area contributed by atoms with Crippen LogP contribution in [0.3, 0.4) is 0 Å². The third kappa shape index (κ3) is 6.05. The fraction of sp³-hybridized carbons (Fsp3) is 0.417. The third-order valence-corrected chi connectivity index (χ3v) is 3.00. The molecule has 0 aliphatic heterocycles. The predicted molar refractivity (Wildman–Crippen MR) is 81.9 cm³/mol. The summed E-state index contributed by atoms with van der Waals surface area (Å²) >= 11 is 9.28. The molecule has 0 spiro atoms. The summed E-state index contributed by atoms with van der Waals surface area (Å²) in [5, 5.41) is 6.48. The van der Waals surface area contributed by atoms with Crippen LogP contribution in [-0.2, 0) is 0 Å². The third-order valence-electron chi connectivity index (χ3n) is 2.19. The summed E-state index contributed by atoms with van der Waals surface area (Å²) in [5.74, 6) is -0.138. The molecule has 6 heteroatoms. The first-order valence-corrected chi connectivity index (χ1v) is 6.76. The predicted octanol–water partition coefficient (Wildman–Crippen LogP) is 3.25. The van der Waals surface area contributed by atoms with Crippen LogP contribution in [0.1, 0.15) is 23.7 Å². The Bertz CT molecular complexity index is 388. The van der Waals surface area contributed by atoms with Crippen LogP contribution in [0.5, 0.6) is 0 Å². The first-order chi connectivity index (χ1) is 8.15. The maximum absolute atomic E-state index is 11.8. The van der Waals surface area contributed by atoms with Crippen molar-refractivity contribution in [2.24, 2.45) is 0 Å². The van der Waals surface area contributed by atoms with E-state index >= 15 is 0 Å². The van der Waals surface area contributed by atoms with Gasteiger partial charge in [0, 0.05) is 17.6 Å². The summed E-state index contributed by atoms with van der Waals surface area (Å²) < 4.78 is 0.865. The van der Waals surface area contributed by atoms with Gasteiger partial charge in [-0.3, -0.25) is 4.79 Å². The topological polar surface area (TPSA) is 41.1 Å². The molecule has 0 atom stereocenters. The molecule has 0 heterocycles. The van der Waals surface area contributed by atoms with Gasteiger partial charge in [0.2, 0.25) is 0 Å². The maximum atomic E-state index is 11.8. The zero-order valence-corrected chi connectivity index (χ0v) is 13.3. The van der Waals surface area contributed by atoms with Crippen molar-refractivity contribution in [2.75, 3.05) is 19.6 Å². The molecule has 0 radical (unpaired) electrons. The highest BCUT2D eigenvalue weighted by molar-refractivity contribution is 9.10. The smallest absolute Gasteiger partial charge is 0.252 e. The van der Waals surface area contributed by atoms with Gasteiger partial charge in [-0.25, -0.2) is 0 Å². The van der Waals surface area contributed by atoms with Gasteiger partial charge in [-0.2, -0.15) is 0 Å². The van der Waals surface area contributed by atoms with Gasteiger partial charge in [0.15, 0.2) is 0 Å². The molecule has 3 nitrogen and oxygen atoms in total. The van der Waals surface area contributed by atoms with Crippen LogP contribution in [0.25, 0.3) is 0 Å². The number of benzene rings is 1. The van der Waals surface area contributed by atoms with Crippen molar-refractivity contribution in [3.8, 4) is 0 Å². The molecule has 0 fully saturated rings. The van der Waals surface area contributed by atoms with E-state index in [1.165, 1.54) is 0 Å². The van der Waals surface area contributed by atoms with Gasteiger partial charge < -0.3 is 10.6 Å². The molecule has 1 aromatic carbocycles. The molecule has 1 rings (SSSR count). The van der Waals surface area contributed by atoms with E-state index in [-0.39, 0.29) is 18.3 Å². The van der Waals surface area contributed by atoms with Gasteiger partial charge in [-0.1, -0.05) is 34.5 Å². The molecule has 2 N–H and O–H groups in total. The largest absolute Gasteiger partial charge is 0.351 e. The van der Waals surface area contributed by atoms with Crippen molar-refractivity contribution >= 4 is 45.8 Å². The normalized spacial score (nSPS) is 9.72. The Balaban J connectivity index is 0.00000289. The van der Waals surface area contributed by atoms with Crippen molar-refractivity contribution < 1.29 is 4.79 Å². The monoisotopic (exact) mass is 354 g/mol. The molecular weight excluding hydrogens is 339 g/mol. The van der Waals surface area contributed by atoms with Gasteiger partial charge in [-0.15, -0.1) is 12.4 Å². The number of carbonyl (C=O) groups excluding carboxylic acids is 1. The van der Waals surface area contributed by atoms with Crippen LogP contribution in [0, 0.1) is 0 Å². The Morgan fingerprint density at radius 1 is 1.33 bits per heavy atom. The molecule has 0 aliphatic rings. The average molecular weight is 356 g/mol.